The fourth-order valence-corrected chi connectivity index (χ4v) is 3.91. The van der Waals surface area contributed by atoms with E-state index in [1.807, 2.05) is 65.0 Å². The van der Waals surface area contributed by atoms with Crippen molar-refractivity contribution in [2.24, 2.45) is 5.92 Å². The molecule has 3 rings (SSSR count). The lowest BCUT2D eigenvalue weighted by atomic mass is 10.1. The summed E-state index contributed by atoms with van der Waals surface area (Å²) < 4.78 is 12.6. The summed E-state index contributed by atoms with van der Waals surface area (Å²) in [6.07, 6.45) is 3.10. The lowest BCUT2D eigenvalue weighted by Crippen LogP contribution is -2.27. The number of nitrogens with one attached hydrogen (secondary N) is 2. The van der Waals surface area contributed by atoms with Crippen molar-refractivity contribution in [3.8, 4) is 11.1 Å². The van der Waals surface area contributed by atoms with E-state index in [-0.39, 0.29) is 18.2 Å². The molecule has 0 aliphatic carbocycles. The van der Waals surface area contributed by atoms with E-state index in [4.69, 9.17) is 9.47 Å². The molecule has 10 heteroatoms. The topological polar surface area (TPSA) is 112 Å². The van der Waals surface area contributed by atoms with Crippen LogP contribution >= 0.6 is 15.9 Å². The molecule has 0 saturated carbocycles. The molecule has 9 nitrogen and oxygen atoms in total. The number of anilines is 1. The Morgan fingerprint density at radius 2 is 1.89 bits per heavy atom. The summed E-state index contributed by atoms with van der Waals surface area (Å²) in [5.74, 6) is 0.116. The van der Waals surface area contributed by atoms with Crippen LogP contribution in [0.1, 0.15) is 47.5 Å². The Morgan fingerprint density at radius 3 is 2.59 bits per heavy atom. The predicted octanol–water partition coefficient (Wildman–Crippen LogP) is 6.35. The Morgan fingerprint density at radius 1 is 1.14 bits per heavy atom. The van der Waals surface area contributed by atoms with Gasteiger partial charge in [-0.15, -0.1) is 0 Å². The highest BCUT2D eigenvalue weighted by atomic mass is 79.9. The highest BCUT2D eigenvalue weighted by molar-refractivity contribution is 9.10. The zero-order valence-corrected chi connectivity index (χ0v) is 23.3. The summed E-state index contributed by atoms with van der Waals surface area (Å²) in [7, 11) is 0. The van der Waals surface area contributed by atoms with Crippen LogP contribution in [0.2, 0.25) is 0 Å². The van der Waals surface area contributed by atoms with Crippen molar-refractivity contribution < 1.29 is 23.9 Å². The van der Waals surface area contributed by atoms with Gasteiger partial charge in [-0.1, -0.05) is 26.0 Å². The van der Waals surface area contributed by atoms with Gasteiger partial charge in [0.15, 0.2) is 5.65 Å². The number of hydrogen-bond acceptors (Lipinski definition) is 6. The summed E-state index contributed by atoms with van der Waals surface area (Å²) in [6, 6.07) is 9.37. The molecule has 0 bridgehead atoms. The monoisotopic (exact) mass is 572 g/mol. The summed E-state index contributed by atoms with van der Waals surface area (Å²) in [6.45, 7) is 10.1. The molecule has 0 radical (unpaired) electrons. The van der Waals surface area contributed by atoms with Gasteiger partial charge in [0.2, 0.25) is 5.91 Å². The molecule has 0 aliphatic heterocycles. The number of halogens is 1. The third-order valence-electron chi connectivity index (χ3n) is 5.06. The molecule has 1 aromatic carbocycles. The van der Waals surface area contributed by atoms with E-state index in [2.05, 4.69) is 31.5 Å². The molecule has 3 aromatic rings. The van der Waals surface area contributed by atoms with E-state index in [0.717, 1.165) is 16.5 Å². The highest BCUT2D eigenvalue weighted by Crippen LogP contribution is 2.31. The van der Waals surface area contributed by atoms with Gasteiger partial charge in [-0.25, -0.2) is 19.1 Å². The van der Waals surface area contributed by atoms with Gasteiger partial charge in [0, 0.05) is 46.5 Å². The van der Waals surface area contributed by atoms with E-state index in [1.165, 1.54) is 4.57 Å². The van der Waals surface area contributed by atoms with Gasteiger partial charge < -0.3 is 20.1 Å². The van der Waals surface area contributed by atoms with Crippen LogP contribution in [0.25, 0.3) is 22.2 Å². The lowest BCUT2D eigenvalue weighted by Gasteiger charge is -2.19. The molecule has 2 amide bonds. The van der Waals surface area contributed by atoms with Crippen molar-refractivity contribution >= 4 is 50.7 Å². The SMILES string of the molecule is CC(C)COC(=O)NCCCC(=O)Nc1cccc(-c2cnc3c(c2)c(Br)cn3C(=O)OC(C)(C)C)c1. The normalized spacial score (nSPS) is 11.4. The van der Waals surface area contributed by atoms with Crippen LogP contribution in [0.3, 0.4) is 0 Å². The third-order valence-corrected chi connectivity index (χ3v) is 5.69. The first kappa shape index (κ1) is 28.2. The van der Waals surface area contributed by atoms with Crippen molar-refractivity contribution in [3.63, 3.8) is 0 Å². The summed E-state index contributed by atoms with van der Waals surface area (Å²) >= 11 is 3.51. The average molecular weight is 573 g/mol. The van der Waals surface area contributed by atoms with Crippen LogP contribution in [-0.2, 0) is 14.3 Å². The number of fused-ring (bicyclic) bond motifs is 1. The van der Waals surface area contributed by atoms with Crippen LogP contribution in [0.15, 0.2) is 47.2 Å². The Labute approximate surface area is 225 Å². The molecule has 2 N–H and O–H groups in total. The fraction of sp³-hybridized carbons (Fsp3) is 0.407. The molecular weight excluding hydrogens is 540 g/mol. The molecule has 198 valence electrons. The van der Waals surface area contributed by atoms with Gasteiger partial charge in [-0.2, -0.15) is 0 Å². The number of pyridine rings is 1. The first-order chi connectivity index (χ1) is 17.4. The average Bonchev–Trinajstić information content (AvgIpc) is 3.15. The van der Waals surface area contributed by atoms with Crippen LogP contribution < -0.4 is 10.6 Å². The number of aromatic nitrogens is 2. The third kappa shape index (κ3) is 8.31. The van der Waals surface area contributed by atoms with E-state index in [0.29, 0.717) is 35.4 Å². The first-order valence-electron chi connectivity index (χ1n) is 12.1. The predicted molar refractivity (Wildman–Crippen MR) is 147 cm³/mol. The smallest absolute Gasteiger partial charge is 0.420 e. The number of carbonyl (C=O) groups is 3. The minimum atomic E-state index is -0.624. The number of hydrogen-bond donors (Lipinski definition) is 2. The maximum absolute atomic E-state index is 12.6. The number of amides is 2. The number of carbonyl (C=O) groups excluding carboxylic acids is 3. The largest absolute Gasteiger partial charge is 0.449 e. The van der Waals surface area contributed by atoms with Crippen molar-refractivity contribution in [2.45, 2.75) is 53.1 Å². The molecule has 0 fully saturated rings. The van der Waals surface area contributed by atoms with E-state index in [1.54, 1.807) is 12.4 Å². The highest BCUT2D eigenvalue weighted by Gasteiger charge is 2.21. The van der Waals surface area contributed by atoms with Crippen molar-refractivity contribution in [2.75, 3.05) is 18.5 Å². The maximum atomic E-state index is 12.6. The summed E-state index contributed by atoms with van der Waals surface area (Å²) in [5.41, 5.74) is 2.20. The molecule has 0 spiro atoms. The van der Waals surface area contributed by atoms with Crippen LogP contribution in [0.5, 0.6) is 0 Å². The molecule has 37 heavy (non-hydrogen) atoms. The maximum Gasteiger partial charge on any atom is 0.420 e. The van der Waals surface area contributed by atoms with Crippen LogP contribution in [0.4, 0.5) is 15.3 Å². The second kappa shape index (κ2) is 12.2. The van der Waals surface area contributed by atoms with E-state index >= 15 is 0 Å². The molecule has 0 saturated heterocycles. The van der Waals surface area contributed by atoms with E-state index in [9.17, 15) is 14.4 Å². The Bertz CT molecular complexity index is 1280. The number of rotatable bonds is 8. The number of alkyl carbamates (subject to hydrolysis) is 1. The minimum Gasteiger partial charge on any atom is -0.449 e. The van der Waals surface area contributed by atoms with Crippen LogP contribution in [-0.4, -0.2) is 46.4 Å². The van der Waals surface area contributed by atoms with Gasteiger partial charge in [-0.05, 0) is 72.8 Å². The number of nitrogens with zero attached hydrogens (tertiary/aromatic N) is 2. The van der Waals surface area contributed by atoms with Crippen molar-refractivity contribution in [1.29, 1.82) is 0 Å². The lowest BCUT2D eigenvalue weighted by molar-refractivity contribution is -0.116. The zero-order valence-electron chi connectivity index (χ0n) is 21.8. The van der Waals surface area contributed by atoms with Gasteiger partial charge in [0.05, 0.1) is 6.61 Å². The standard InChI is InChI=1S/C27H33BrN4O5/c1-17(2)16-36-25(34)29-11-7-10-23(33)31-20-9-6-8-18(12-20)19-13-21-22(28)15-32(24(21)30-14-19)26(35)37-27(3,4)5/h6,8-9,12-15,17H,7,10-11,16H2,1-5H3,(H,29,34)(H,31,33). The van der Waals surface area contributed by atoms with Gasteiger partial charge in [0.1, 0.15) is 5.60 Å². The second-order valence-corrected chi connectivity index (χ2v) is 10.9. The molecule has 0 unspecified atom stereocenters. The zero-order chi connectivity index (χ0) is 27.2. The second-order valence-electron chi connectivity index (χ2n) is 10.1. The molecular formula is C27H33BrN4O5. The fourth-order valence-electron chi connectivity index (χ4n) is 3.41. The molecule has 2 aromatic heterocycles. The summed E-state index contributed by atoms with van der Waals surface area (Å²) in [5, 5.41) is 6.30. The Balaban J connectivity index is 1.63. The quantitative estimate of drug-likeness (QED) is 0.304. The summed E-state index contributed by atoms with van der Waals surface area (Å²) in [4.78, 5) is 41.1. The van der Waals surface area contributed by atoms with Crippen molar-refractivity contribution in [1.82, 2.24) is 14.9 Å². The van der Waals surface area contributed by atoms with Crippen molar-refractivity contribution in [3.05, 3.63) is 47.2 Å². The van der Waals surface area contributed by atoms with Gasteiger partial charge >= 0.3 is 12.2 Å². The van der Waals surface area contributed by atoms with Gasteiger partial charge in [-0.3, -0.25) is 4.79 Å². The molecule has 2 heterocycles. The number of ether oxygens (including phenoxy) is 2. The van der Waals surface area contributed by atoms with E-state index < -0.39 is 17.8 Å². The molecule has 0 atom stereocenters. The molecule has 0 aliphatic rings. The Hall–Kier alpha value is -3.40. The first-order valence-corrected chi connectivity index (χ1v) is 12.9. The van der Waals surface area contributed by atoms with Gasteiger partial charge in [0.25, 0.3) is 0 Å². The minimum absolute atomic E-state index is 0.153. The Kier molecular flexibility index (Phi) is 9.31. The number of benzene rings is 1. The van der Waals surface area contributed by atoms with Crippen LogP contribution in [0, 0.1) is 5.92 Å².